The van der Waals surface area contributed by atoms with Crippen molar-refractivity contribution in [1.82, 2.24) is 4.98 Å². The monoisotopic (exact) mass is 371 g/mol. The molecule has 0 aliphatic carbocycles. The zero-order chi connectivity index (χ0) is 18.8. The van der Waals surface area contributed by atoms with Gasteiger partial charge < -0.3 is 10.1 Å². The predicted molar refractivity (Wildman–Crippen MR) is 99.1 cm³/mol. The van der Waals surface area contributed by atoms with Crippen LogP contribution in [0.3, 0.4) is 0 Å². The molecular weight excluding hydrogens is 358 g/mol. The van der Waals surface area contributed by atoms with E-state index in [4.69, 9.17) is 16.3 Å². The van der Waals surface area contributed by atoms with E-state index in [0.717, 1.165) is 0 Å². The molecule has 0 atom stereocenters. The summed E-state index contributed by atoms with van der Waals surface area (Å²) in [6.07, 6.45) is 1.45. The van der Waals surface area contributed by atoms with Gasteiger partial charge in [-0.2, -0.15) is 0 Å². The van der Waals surface area contributed by atoms with E-state index in [-0.39, 0.29) is 11.4 Å². The number of pyridine rings is 1. The van der Waals surface area contributed by atoms with E-state index in [2.05, 4.69) is 10.3 Å². The largest absolute Gasteiger partial charge is 0.495 e. The third kappa shape index (κ3) is 3.16. The molecule has 132 valence electrons. The summed E-state index contributed by atoms with van der Waals surface area (Å²) < 4.78 is 5.08. The quantitative estimate of drug-likeness (QED) is 0.543. The van der Waals surface area contributed by atoms with Gasteiger partial charge in [0.1, 0.15) is 11.4 Å². The van der Waals surface area contributed by atoms with Crippen molar-refractivity contribution in [3.05, 3.63) is 69.0 Å². The van der Waals surface area contributed by atoms with E-state index >= 15 is 0 Å². The van der Waals surface area contributed by atoms with E-state index in [1.807, 2.05) is 0 Å². The van der Waals surface area contributed by atoms with E-state index in [1.165, 1.54) is 25.4 Å². The van der Waals surface area contributed by atoms with Crippen molar-refractivity contribution in [3.8, 4) is 5.75 Å². The summed E-state index contributed by atoms with van der Waals surface area (Å²) in [5.74, 6) is -0.00377. The average molecular weight is 372 g/mol. The molecular formula is C18H14ClN3O4. The van der Waals surface area contributed by atoms with Gasteiger partial charge in [0.05, 0.1) is 22.4 Å². The lowest BCUT2D eigenvalue weighted by Gasteiger charge is -2.10. The first-order chi connectivity index (χ1) is 12.4. The molecule has 0 saturated heterocycles. The van der Waals surface area contributed by atoms with E-state index in [1.54, 1.807) is 31.2 Å². The number of anilines is 1. The Morgan fingerprint density at radius 2 is 2.08 bits per heavy atom. The number of nitro groups is 1. The highest BCUT2D eigenvalue weighted by Crippen LogP contribution is 2.31. The minimum atomic E-state index is -0.489. The van der Waals surface area contributed by atoms with Crippen LogP contribution >= 0.6 is 11.6 Å². The Morgan fingerprint density at radius 1 is 1.31 bits per heavy atom. The molecule has 0 spiro atoms. The Balaban J connectivity index is 2.04. The summed E-state index contributed by atoms with van der Waals surface area (Å²) in [4.78, 5) is 27.7. The van der Waals surface area contributed by atoms with Crippen molar-refractivity contribution in [2.75, 3.05) is 12.4 Å². The Bertz CT molecular complexity index is 1040. The van der Waals surface area contributed by atoms with Crippen LogP contribution in [0.4, 0.5) is 11.4 Å². The van der Waals surface area contributed by atoms with Crippen LogP contribution in [0.15, 0.2) is 42.6 Å². The maximum Gasteiger partial charge on any atom is 0.277 e. The van der Waals surface area contributed by atoms with Crippen LogP contribution < -0.4 is 10.1 Å². The molecule has 0 fully saturated rings. The number of methoxy groups -OCH3 is 1. The van der Waals surface area contributed by atoms with Gasteiger partial charge in [-0.05, 0) is 30.7 Å². The zero-order valence-electron chi connectivity index (χ0n) is 13.9. The topological polar surface area (TPSA) is 94.4 Å². The van der Waals surface area contributed by atoms with Gasteiger partial charge in [-0.3, -0.25) is 19.9 Å². The lowest BCUT2D eigenvalue weighted by atomic mass is 10.0. The van der Waals surface area contributed by atoms with E-state index in [0.29, 0.717) is 32.8 Å². The normalized spacial score (nSPS) is 10.6. The summed E-state index contributed by atoms with van der Waals surface area (Å²) in [6.45, 7) is 1.72. The fraction of sp³-hybridized carbons (Fsp3) is 0.111. The molecule has 0 bridgehead atoms. The standard InChI is InChI=1S/C18H14ClN3O4/c1-10-9-20-17(12-4-3-5-14(16(10)12)22(24)25)18(23)21-11-6-7-15(26-2)13(19)8-11/h3-9H,1-2H3,(H,21,23). The molecule has 3 aromatic rings. The van der Waals surface area contributed by atoms with Gasteiger partial charge in [0, 0.05) is 23.3 Å². The lowest BCUT2D eigenvalue weighted by Crippen LogP contribution is -2.14. The molecule has 1 heterocycles. The van der Waals surface area contributed by atoms with Gasteiger partial charge >= 0.3 is 0 Å². The van der Waals surface area contributed by atoms with Crippen molar-refractivity contribution < 1.29 is 14.5 Å². The van der Waals surface area contributed by atoms with Crippen molar-refractivity contribution in [2.45, 2.75) is 6.92 Å². The molecule has 1 aromatic heterocycles. The molecule has 0 aliphatic rings. The Morgan fingerprint density at radius 3 is 2.73 bits per heavy atom. The number of ether oxygens (including phenoxy) is 1. The Kier molecular flexibility index (Phi) is 4.73. The number of benzene rings is 2. The van der Waals surface area contributed by atoms with Gasteiger partial charge in [0.15, 0.2) is 0 Å². The van der Waals surface area contributed by atoms with E-state index in [9.17, 15) is 14.9 Å². The van der Waals surface area contributed by atoms with Crippen molar-refractivity contribution in [1.29, 1.82) is 0 Å². The highest BCUT2D eigenvalue weighted by Gasteiger charge is 2.20. The van der Waals surface area contributed by atoms with E-state index < -0.39 is 10.8 Å². The molecule has 8 heteroatoms. The number of halogens is 1. The van der Waals surface area contributed by atoms with Gasteiger partial charge in [-0.1, -0.05) is 23.7 Å². The summed E-state index contributed by atoms with van der Waals surface area (Å²) >= 11 is 6.06. The third-order valence-electron chi connectivity index (χ3n) is 3.90. The zero-order valence-corrected chi connectivity index (χ0v) is 14.7. The van der Waals surface area contributed by atoms with Crippen molar-refractivity contribution in [2.24, 2.45) is 0 Å². The Labute approximate surface area is 153 Å². The fourth-order valence-electron chi connectivity index (χ4n) is 2.71. The highest BCUT2D eigenvalue weighted by atomic mass is 35.5. The molecule has 1 amide bonds. The van der Waals surface area contributed by atoms with Gasteiger partial charge in [0.25, 0.3) is 11.6 Å². The molecule has 0 aliphatic heterocycles. The SMILES string of the molecule is COc1ccc(NC(=O)c2ncc(C)c3c([N+](=O)[O-])cccc23)cc1Cl. The first kappa shape index (κ1) is 17.6. The number of carbonyl (C=O) groups excluding carboxylic acids is 1. The van der Waals surface area contributed by atoms with Crippen LogP contribution in [0.25, 0.3) is 10.8 Å². The smallest absolute Gasteiger partial charge is 0.277 e. The predicted octanol–water partition coefficient (Wildman–Crippen LogP) is 4.37. The second-order valence-electron chi connectivity index (χ2n) is 5.55. The minimum absolute atomic E-state index is 0.0658. The number of nitrogens with zero attached hydrogens (tertiary/aromatic N) is 2. The molecule has 26 heavy (non-hydrogen) atoms. The molecule has 3 rings (SSSR count). The number of aromatic nitrogens is 1. The summed E-state index contributed by atoms with van der Waals surface area (Å²) in [5.41, 5.74) is 1.11. The number of amides is 1. The van der Waals surface area contributed by atoms with Gasteiger partial charge in [-0.15, -0.1) is 0 Å². The molecule has 1 N–H and O–H groups in total. The average Bonchev–Trinajstić information content (AvgIpc) is 2.61. The number of fused-ring (bicyclic) bond motifs is 1. The molecule has 0 radical (unpaired) electrons. The first-order valence-electron chi connectivity index (χ1n) is 7.60. The maximum absolute atomic E-state index is 12.7. The second-order valence-corrected chi connectivity index (χ2v) is 5.96. The van der Waals surface area contributed by atoms with Crippen LogP contribution in [0.1, 0.15) is 16.1 Å². The van der Waals surface area contributed by atoms with Crippen LogP contribution in [0.5, 0.6) is 5.75 Å². The van der Waals surface area contributed by atoms with Crippen LogP contribution in [0, 0.1) is 17.0 Å². The molecule has 0 saturated carbocycles. The summed E-state index contributed by atoms with van der Waals surface area (Å²) in [5, 5.41) is 15.2. The lowest BCUT2D eigenvalue weighted by molar-refractivity contribution is -0.383. The van der Waals surface area contributed by atoms with Gasteiger partial charge in [0.2, 0.25) is 0 Å². The third-order valence-corrected chi connectivity index (χ3v) is 4.20. The second kappa shape index (κ2) is 6.97. The summed E-state index contributed by atoms with van der Waals surface area (Å²) in [6, 6.07) is 9.39. The maximum atomic E-state index is 12.7. The number of hydrogen-bond donors (Lipinski definition) is 1. The fourth-order valence-corrected chi connectivity index (χ4v) is 2.97. The minimum Gasteiger partial charge on any atom is -0.495 e. The number of hydrogen-bond acceptors (Lipinski definition) is 5. The Hall–Kier alpha value is -3.19. The number of rotatable bonds is 4. The highest BCUT2D eigenvalue weighted by molar-refractivity contribution is 6.32. The first-order valence-corrected chi connectivity index (χ1v) is 7.97. The van der Waals surface area contributed by atoms with Crippen LogP contribution in [-0.4, -0.2) is 22.9 Å². The number of non-ortho nitro benzene ring substituents is 1. The van der Waals surface area contributed by atoms with Crippen LogP contribution in [0.2, 0.25) is 5.02 Å². The number of aryl methyl sites for hydroxylation is 1. The van der Waals surface area contributed by atoms with Crippen molar-refractivity contribution >= 4 is 39.7 Å². The number of carbonyl (C=O) groups is 1. The number of nitro benzene ring substituents is 1. The molecule has 0 unspecified atom stereocenters. The van der Waals surface area contributed by atoms with Gasteiger partial charge in [-0.25, -0.2) is 0 Å². The summed E-state index contributed by atoms with van der Waals surface area (Å²) in [7, 11) is 1.49. The van der Waals surface area contributed by atoms with Crippen molar-refractivity contribution in [3.63, 3.8) is 0 Å². The molecule has 2 aromatic carbocycles. The van der Waals surface area contributed by atoms with Crippen LogP contribution in [-0.2, 0) is 0 Å². The molecule has 7 nitrogen and oxygen atoms in total. The number of nitrogens with one attached hydrogen (secondary N) is 1.